The van der Waals surface area contributed by atoms with Gasteiger partial charge in [0.25, 0.3) is 5.69 Å². The first kappa shape index (κ1) is 15.7. The number of hydrogen-bond acceptors (Lipinski definition) is 3. The molecule has 0 atom stereocenters. The number of carbonyl (C=O) groups excluding carboxylic acids is 1. The Kier molecular flexibility index (Phi) is 5.27. The van der Waals surface area contributed by atoms with Gasteiger partial charge in [0, 0.05) is 18.7 Å². The molecule has 0 aliphatic rings. The Bertz CT molecular complexity index is 715. The van der Waals surface area contributed by atoms with Gasteiger partial charge in [0.1, 0.15) is 5.02 Å². The molecule has 2 aromatic carbocycles. The minimum atomic E-state index is -0.560. The minimum Gasteiger partial charge on any atom is -0.348 e. The van der Waals surface area contributed by atoms with Crippen molar-refractivity contribution in [2.45, 2.75) is 6.54 Å². The molecule has 0 unspecified atom stereocenters. The fourth-order valence-corrected chi connectivity index (χ4v) is 1.98. The van der Waals surface area contributed by atoms with Gasteiger partial charge in [-0.25, -0.2) is 0 Å². The number of hydrogen-bond donors (Lipinski definition) is 1. The van der Waals surface area contributed by atoms with E-state index in [-0.39, 0.29) is 16.6 Å². The summed E-state index contributed by atoms with van der Waals surface area (Å²) in [6, 6.07) is 13.9. The summed E-state index contributed by atoms with van der Waals surface area (Å²) in [5.74, 6) is -0.276. The van der Waals surface area contributed by atoms with E-state index in [0.717, 1.165) is 5.56 Å². The van der Waals surface area contributed by atoms with Crippen LogP contribution in [0.3, 0.4) is 0 Å². The van der Waals surface area contributed by atoms with Crippen molar-refractivity contribution in [3.8, 4) is 0 Å². The lowest BCUT2D eigenvalue weighted by Gasteiger charge is -2.02. The molecule has 112 valence electrons. The van der Waals surface area contributed by atoms with E-state index in [1.54, 1.807) is 6.07 Å². The van der Waals surface area contributed by atoms with Crippen LogP contribution in [0.25, 0.3) is 6.08 Å². The molecule has 5 nitrogen and oxygen atoms in total. The zero-order chi connectivity index (χ0) is 15.9. The number of nitrogens with zero attached hydrogens (tertiary/aromatic N) is 1. The molecule has 0 aliphatic heterocycles. The molecule has 0 spiro atoms. The molecular formula is C16H13ClN2O3. The van der Waals surface area contributed by atoms with Crippen LogP contribution in [0.2, 0.25) is 5.02 Å². The topological polar surface area (TPSA) is 72.2 Å². The van der Waals surface area contributed by atoms with Gasteiger partial charge in [-0.15, -0.1) is 0 Å². The van der Waals surface area contributed by atoms with Gasteiger partial charge >= 0.3 is 0 Å². The van der Waals surface area contributed by atoms with Crippen LogP contribution in [-0.4, -0.2) is 10.8 Å². The Morgan fingerprint density at radius 3 is 2.64 bits per heavy atom. The SMILES string of the molecule is O=C(/C=C/c1ccc(Cl)c([N+](=O)[O-])c1)NCc1ccccc1. The monoisotopic (exact) mass is 316 g/mol. The number of benzene rings is 2. The van der Waals surface area contributed by atoms with Crippen molar-refractivity contribution in [1.82, 2.24) is 5.32 Å². The van der Waals surface area contributed by atoms with Crippen molar-refractivity contribution in [3.05, 3.63) is 80.9 Å². The fraction of sp³-hybridized carbons (Fsp3) is 0.0625. The summed E-state index contributed by atoms with van der Waals surface area (Å²) in [6.45, 7) is 0.421. The summed E-state index contributed by atoms with van der Waals surface area (Å²) >= 11 is 5.73. The molecule has 1 N–H and O–H groups in total. The standard InChI is InChI=1S/C16H13ClN2O3/c17-14-8-6-12(10-15(14)19(21)22)7-9-16(20)18-11-13-4-2-1-3-5-13/h1-10H,11H2,(H,18,20)/b9-7+. The van der Waals surface area contributed by atoms with E-state index in [1.807, 2.05) is 30.3 Å². The average Bonchev–Trinajstić information content (AvgIpc) is 2.53. The largest absolute Gasteiger partial charge is 0.348 e. The van der Waals surface area contributed by atoms with Crippen molar-refractivity contribution in [2.75, 3.05) is 0 Å². The third-order valence-electron chi connectivity index (χ3n) is 2.90. The van der Waals surface area contributed by atoms with Crippen LogP contribution >= 0.6 is 11.6 Å². The average molecular weight is 317 g/mol. The minimum absolute atomic E-state index is 0.0654. The van der Waals surface area contributed by atoms with Crippen LogP contribution < -0.4 is 5.32 Å². The summed E-state index contributed by atoms with van der Waals surface area (Å²) in [5, 5.41) is 13.6. The predicted molar refractivity (Wildman–Crippen MR) is 85.4 cm³/mol. The third-order valence-corrected chi connectivity index (χ3v) is 3.22. The molecule has 0 saturated heterocycles. The van der Waals surface area contributed by atoms with Crippen molar-refractivity contribution in [3.63, 3.8) is 0 Å². The van der Waals surface area contributed by atoms with Gasteiger partial charge in [0.05, 0.1) is 4.92 Å². The molecular weight excluding hydrogens is 304 g/mol. The highest BCUT2D eigenvalue weighted by molar-refractivity contribution is 6.32. The van der Waals surface area contributed by atoms with Crippen LogP contribution in [0.4, 0.5) is 5.69 Å². The summed E-state index contributed by atoms with van der Waals surface area (Å²) in [6.07, 6.45) is 2.83. The number of carbonyl (C=O) groups is 1. The highest BCUT2D eigenvalue weighted by Gasteiger charge is 2.11. The van der Waals surface area contributed by atoms with Crippen molar-refractivity contribution in [1.29, 1.82) is 0 Å². The zero-order valence-electron chi connectivity index (χ0n) is 11.5. The molecule has 0 heterocycles. The predicted octanol–water partition coefficient (Wildman–Crippen LogP) is 3.58. The first-order chi connectivity index (χ1) is 10.6. The maximum absolute atomic E-state index is 11.7. The van der Waals surface area contributed by atoms with E-state index in [4.69, 9.17) is 11.6 Å². The summed E-state index contributed by atoms with van der Waals surface area (Å²) < 4.78 is 0. The van der Waals surface area contributed by atoms with E-state index < -0.39 is 4.92 Å². The Hall–Kier alpha value is -2.66. The van der Waals surface area contributed by atoms with Crippen molar-refractivity contribution in [2.24, 2.45) is 0 Å². The summed E-state index contributed by atoms with van der Waals surface area (Å²) in [7, 11) is 0. The van der Waals surface area contributed by atoms with Gasteiger partial charge in [-0.2, -0.15) is 0 Å². The maximum atomic E-state index is 11.7. The Morgan fingerprint density at radius 2 is 1.95 bits per heavy atom. The van der Waals surface area contributed by atoms with Gasteiger partial charge < -0.3 is 5.32 Å². The van der Waals surface area contributed by atoms with Crippen molar-refractivity contribution < 1.29 is 9.72 Å². The lowest BCUT2D eigenvalue weighted by molar-refractivity contribution is -0.384. The number of nitro benzene ring substituents is 1. The highest BCUT2D eigenvalue weighted by atomic mass is 35.5. The molecule has 0 bridgehead atoms. The van der Waals surface area contributed by atoms with Gasteiger partial charge in [-0.3, -0.25) is 14.9 Å². The molecule has 2 aromatic rings. The van der Waals surface area contributed by atoms with Gasteiger partial charge in [-0.1, -0.05) is 48.0 Å². The lowest BCUT2D eigenvalue weighted by Crippen LogP contribution is -2.20. The van der Waals surface area contributed by atoms with Gasteiger partial charge in [-0.05, 0) is 23.3 Å². The number of amides is 1. The molecule has 1 amide bonds. The van der Waals surface area contributed by atoms with Crippen LogP contribution in [0, 0.1) is 10.1 Å². The molecule has 0 aliphatic carbocycles. The van der Waals surface area contributed by atoms with Crippen LogP contribution in [-0.2, 0) is 11.3 Å². The van der Waals surface area contributed by atoms with Crippen molar-refractivity contribution >= 4 is 29.3 Å². The number of nitrogens with one attached hydrogen (secondary N) is 1. The zero-order valence-corrected chi connectivity index (χ0v) is 12.3. The highest BCUT2D eigenvalue weighted by Crippen LogP contribution is 2.25. The second-order valence-corrected chi connectivity index (χ2v) is 4.91. The van der Waals surface area contributed by atoms with Crippen LogP contribution in [0.5, 0.6) is 0 Å². The molecule has 0 saturated carbocycles. The first-order valence-corrected chi connectivity index (χ1v) is 6.88. The van der Waals surface area contributed by atoms with E-state index >= 15 is 0 Å². The molecule has 2 rings (SSSR count). The molecule has 0 fully saturated rings. The van der Waals surface area contributed by atoms with Crippen LogP contribution in [0.1, 0.15) is 11.1 Å². The van der Waals surface area contributed by atoms with Crippen LogP contribution in [0.15, 0.2) is 54.6 Å². The normalized spacial score (nSPS) is 10.6. The Balaban J connectivity index is 1.98. The number of nitro groups is 1. The second-order valence-electron chi connectivity index (χ2n) is 4.50. The number of rotatable bonds is 5. The maximum Gasteiger partial charge on any atom is 0.288 e. The molecule has 6 heteroatoms. The first-order valence-electron chi connectivity index (χ1n) is 6.50. The molecule has 0 aromatic heterocycles. The van der Waals surface area contributed by atoms with E-state index in [2.05, 4.69) is 5.32 Å². The lowest BCUT2D eigenvalue weighted by atomic mass is 10.2. The van der Waals surface area contributed by atoms with Gasteiger partial charge in [0.2, 0.25) is 5.91 Å². The third kappa shape index (κ3) is 4.43. The molecule has 22 heavy (non-hydrogen) atoms. The number of halogens is 1. The van der Waals surface area contributed by atoms with E-state index in [1.165, 1.54) is 24.3 Å². The quantitative estimate of drug-likeness (QED) is 0.520. The van der Waals surface area contributed by atoms with E-state index in [0.29, 0.717) is 12.1 Å². The van der Waals surface area contributed by atoms with Gasteiger partial charge in [0.15, 0.2) is 0 Å². The Labute approximate surface area is 132 Å². The van der Waals surface area contributed by atoms with E-state index in [9.17, 15) is 14.9 Å². The molecule has 0 radical (unpaired) electrons. The second kappa shape index (κ2) is 7.38. The smallest absolute Gasteiger partial charge is 0.288 e. The Morgan fingerprint density at radius 1 is 1.23 bits per heavy atom. The fourth-order valence-electron chi connectivity index (χ4n) is 1.79. The summed E-state index contributed by atoms with van der Waals surface area (Å²) in [4.78, 5) is 21.9. The summed E-state index contributed by atoms with van der Waals surface area (Å²) in [5.41, 5.74) is 1.34.